The predicted molar refractivity (Wildman–Crippen MR) is 118 cm³/mol. The highest BCUT2D eigenvalue weighted by Gasteiger charge is 2.36. The molecular formula is C24H25N3O2S. The summed E-state index contributed by atoms with van der Waals surface area (Å²) in [4.78, 5) is 21.7. The molecular weight excluding hydrogens is 394 g/mol. The van der Waals surface area contributed by atoms with Crippen LogP contribution in [0.4, 0.5) is 0 Å². The molecule has 0 unspecified atom stereocenters. The number of β-amino-alcohol motifs (C(OH)–C–C–N with tert-alkyl or cyclic N) is 1. The number of hydrogen-bond donors (Lipinski definition) is 1. The molecule has 154 valence electrons. The van der Waals surface area contributed by atoms with E-state index in [0.29, 0.717) is 18.1 Å². The second-order valence-corrected chi connectivity index (χ2v) is 8.93. The van der Waals surface area contributed by atoms with Gasteiger partial charge in [0.2, 0.25) is 0 Å². The van der Waals surface area contributed by atoms with Crippen LogP contribution in [0.5, 0.6) is 0 Å². The van der Waals surface area contributed by atoms with Gasteiger partial charge >= 0.3 is 0 Å². The van der Waals surface area contributed by atoms with Crippen LogP contribution in [0, 0.1) is 0 Å². The molecule has 3 heterocycles. The van der Waals surface area contributed by atoms with Crippen molar-refractivity contribution in [1.29, 1.82) is 0 Å². The van der Waals surface area contributed by atoms with Gasteiger partial charge in [0.1, 0.15) is 0 Å². The van der Waals surface area contributed by atoms with E-state index in [2.05, 4.69) is 34.1 Å². The van der Waals surface area contributed by atoms with Crippen LogP contribution in [0.15, 0.2) is 60.0 Å². The van der Waals surface area contributed by atoms with Crippen molar-refractivity contribution in [2.75, 3.05) is 19.6 Å². The van der Waals surface area contributed by atoms with Crippen molar-refractivity contribution in [3.8, 4) is 11.3 Å². The van der Waals surface area contributed by atoms with E-state index in [0.717, 1.165) is 37.2 Å². The number of fused-ring (bicyclic) bond motifs is 1. The first-order chi connectivity index (χ1) is 14.7. The largest absolute Gasteiger partial charge is 0.390 e. The number of aliphatic hydroxyl groups is 1. The van der Waals surface area contributed by atoms with Gasteiger partial charge in [-0.05, 0) is 24.0 Å². The Kier molecular flexibility index (Phi) is 5.37. The number of aromatic nitrogens is 1. The van der Waals surface area contributed by atoms with E-state index >= 15 is 0 Å². The highest BCUT2D eigenvalue weighted by Crippen LogP contribution is 2.27. The lowest BCUT2D eigenvalue weighted by molar-refractivity contribution is -0.0137. The van der Waals surface area contributed by atoms with E-state index in [1.54, 1.807) is 4.90 Å². The number of carbonyl (C=O) groups is 1. The number of piperidine rings is 1. The number of nitrogens with zero attached hydrogens (tertiary/aromatic N) is 3. The monoisotopic (exact) mass is 419 g/mol. The summed E-state index contributed by atoms with van der Waals surface area (Å²) in [5.41, 5.74) is 4.60. The summed E-state index contributed by atoms with van der Waals surface area (Å²) in [5.74, 6) is -0.0799. The third-order valence-corrected chi connectivity index (χ3v) is 7.05. The molecule has 3 aromatic rings. The molecule has 0 bridgehead atoms. The summed E-state index contributed by atoms with van der Waals surface area (Å²) >= 11 is 1.37. The Labute approximate surface area is 180 Å². The third-order valence-electron chi connectivity index (χ3n) is 6.22. The summed E-state index contributed by atoms with van der Waals surface area (Å²) in [6, 6.07) is 18.5. The van der Waals surface area contributed by atoms with Gasteiger partial charge in [0.05, 0.1) is 11.8 Å². The third kappa shape index (κ3) is 3.78. The zero-order valence-electron chi connectivity index (χ0n) is 16.8. The molecule has 0 aliphatic carbocycles. The van der Waals surface area contributed by atoms with Gasteiger partial charge in [-0.2, -0.15) is 0 Å². The normalized spacial score (nSPS) is 22.0. The van der Waals surface area contributed by atoms with Gasteiger partial charge in [-0.25, -0.2) is 4.98 Å². The lowest BCUT2D eigenvalue weighted by atomic mass is 9.94. The lowest BCUT2D eigenvalue weighted by Crippen LogP contribution is -2.56. The molecule has 0 spiro atoms. The van der Waals surface area contributed by atoms with E-state index in [-0.39, 0.29) is 11.9 Å². The molecule has 5 rings (SSSR count). The smallest absolute Gasteiger partial charge is 0.282 e. The van der Waals surface area contributed by atoms with E-state index in [4.69, 9.17) is 0 Å². The molecule has 1 aromatic heterocycles. The number of aliphatic hydroxyl groups excluding tert-OH is 1. The van der Waals surface area contributed by atoms with Crippen molar-refractivity contribution in [2.45, 2.75) is 31.5 Å². The molecule has 6 heteroatoms. The molecule has 1 saturated heterocycles. The van der Waals surface area contributed by atoms with Crippen molar-refractivity contribution < 1.29 is 9.90 Å². The van der Waals surface area contributed by atoms with Crippen LogP contribution in [-0.4, -0.2) is 57.6 Å². The van der Waals surface area contributed by atoms with Crippen LogP contribution in [0.2, 0.25) is 0 Å². The second-order valence-electron chi connectivity index (χ2n) is 8.07. The topological polar surface area (TPSA) is 56.7 Å². The van der Waals surface area contributed by atoms with Gasteiger partial charge in [0.15, 0.2) is 5.01 Å². The molecule has 5 nitrogen and oxygen atoms in total. The van der Waals surface area contributed by atoms with Crippen LogP contribution in [0.3, 0.4) is 0 Å². The quantitative estimate of drug-likeness (QED) is 0.707. The molecule has 30 heavy (non-hydrogen) atoms. The summed E-state index contributed by atoms with van der Waals surface area (Å²) < 4.78 is 0. The molecule has 1 N–H and O–H groups in total. The fourth-order valence-corrected chi connectivity index (χ4v) is 5.37. The maximum absolute atomic E-state index is 13.0. The van der Waals surface area contributed by atoms with Gasteiger partial charge < -0.3 is 10.0 Å². The SMILES string of the molecule is O=C(c1nc(-c2ccccc2)cs1)N1CC[C@@H](N2CCc3ccccc3C2)[C@H](O)C1. The summed E-state index contributed by atoms with van der Waals surface area (Å²) in [7, 11) is 0. The highest BCUT2D eigenvalue weighted by atomic mass is 32.1. The second kappa shape index (κ2) is 8.30. The Morgan fingerprint density at radius 2 is 1.80 bits per heavy atom. The Morgan fingerprint density at radius 3 is 2.60 bits per heavy atom. The number of hydrogen-bond acceptors (Lipinski definition) is 5. The lowest BCUT2D eigenvalue weighted by Gasteiger charge is -2.43. The van der Waals surface area contributed by atoms with Crippen molar-refractivity contribution in [1.82, 2.24) is 14.8 Å². The van der Waals surface area contributed by atoms with Crippen LogP contribution in [-0.2, 0) is 13.0 Å². The van der Waals surface area contributed by atoms with Gasteiger partial charge in [0.25, 0.3) is 5.91 Å². The Bertz CT molecular complexity index is 1040. The molecule has 0 radical (unpaired) electrons. The standard InChI is InChI=1S/C24H25N3O2S/c28-22-15-27(24(29)23-25-20(16-30-23)18-7-2-1-3-8-18)13-11-21(22)26-12-10-17-6-4-5-9-19(17)14-26/h1-9,16,21-22,28H,10-15H2/t21-,22-/m1/s1. The predicted octanol–water partition coefficient (Wildman–Crippen LogP) is 3.44. The highest BCUT2D eigenvalue weighted by molar-refractivity contribution is 7.12. The van der Waals surface area contributed by atoms with E-state index < -0.39 is 6.10 Å². The molecule has 2 atom stereocenters. The minimum atomic E-state index is -0.540. The van der Waals surface area contributed by atoms with Gasteiger partial charge in [-0.15, -0.1) is 11.3 Å². The Hall–Kier alpha value is -2.54. The first kappa shape index (κ1) is 19.4. The first-order valence-corrected chi connectivity index (χ1v) is 11.4. The van der Waals surface area contributed by atoms with E-state index in [9.17, 15) is 9.90 Å². The fraction of sp³-hybridized carbons (Fsp3) is 0.333. The van der Waals surface area contributed by atoms with Crippen molar-refractivity contribution in [3.63, 3.8) is 0 Å². The average molecular weight is 420 g/mol. The molecule has 2 aliphatic heterocycles. The average Bonchev–Trinajstić information content (AvgIpc) is 3.29. The maximum Gasteiger partial charge on any atom is 0.282 e. The van der Waals surface area contributed by atoms with Crippen molar-refractivity contribution >= 4 is 17.2 Å². The van der Waals surface area contributed by atoms with Crippen molar-refractivity contribution in [3.05, 3.63) is 76.1 Å². The van der Waals surface area contributed by atoms with Gasteiger partial charge in [0, 0.05) is 43.2 Å². The first-order valence-electron chi connectivity index (χ1n) is 10.5. The number of benzene rings is 2. The minimum Gasteiger partial charge on any atom is -0.390 e. The maximum atomic E-state index is 13.0. The molecule has 0 saturated carbocycles. The number of likely N-dealkylation sites (tertiary alicyclic amines) is 1. The van der Waals surface area contributed by atoms with Gasteiger partial charge in [-0.1, -0.05) is 54.6 Å². The fourth-order valence-electron chi connectivity index (χ4n) is 4.58. The van der Waals surface area contributed by atoms with Crippen molar-refractivity contribution in [2.24, 2.45) is 0 Å². The molecule has 1 fully saturated rings. The minimum absolute atomic E-state index is 0.0799. The van der Waals surface area contributed by atoms with E-state index in [1.165, 1.54) is 22.5 Å². The zero-order valence-corrected chi connectivity index (χ0v) is 17.6. The van der Waals surface area contributed by atoms with Crippen LogP contribution >= 0.6 is 11.3 Å². The van der Waals surface area contributed by atoms with Gasteiger partial charge in [-0.3, -0.25) is 9.69 Å². The molecule has 2 aliphatic rings. The van der Waals surface area contributed by atoms with Crippen LogP contribution in [0.1, 0.15) is 27.3 Å². The zero-order chi connectivity index (χ0) is 20.5. The summed E-state index contributed by atoms with van der Waals surface area (Å²) in [6.07, 6.45) is 1.26. The summed E-state index contributed by atoms with van der Waals surface area (Å²) in [5, 5.41) is 13.3. The van der Waals surface area contributed by atoms with Crippen LogP contribution in [0.25, 0.3) is 11.3 Å². The van der Waals surface area contributed by atoms with E-state index in [1.807, 2.05) is 35.7 Å². The number of amides is 1. The Balaban J connectivity index is 1.24. The number of rotatable bonds is 3. The van der Waals surface area contributed by atoms with Crippen LogP contribution < -0.4 is 0 Å². The summed E-state index contributed by atoms with van der Waals surface area (Å²) in [6.45, 7) is 2.85. The molecule has 1 amide bonds. The number of thiazole rings is 1. The number of carbonyl (C=O) groups excluding carboxylic acids is 1. The molecule has 2 aromatic carbocycles. The Morgan fingerprint density at radius 1 is 1.03 bits per heavy atom.